The van der Waals surface area contributed by atoms with E-state index >= 15 is 0 Å². The number of piperidine rings is 1. The number of amides is 1. The number of likely N-dealkylation sites (tertiary alicyclic amines) is 1. The molecule has 2 aliphatic rings. The van der Waals surface area contributed by atoms with Gasteiger partial charge in [-0.2, -0.15) is 0 Å². The van der Waals surface area contributed by atoms with E-state index in [2.05, 4.69) is 32.4 Å². The van der Waals surface area contributed by atoms with Crippen molar-refractivity contribution in [1.82, 2.24) is 25.5 Å². The number of aromatic amines is 1. The van der Waals surface area contributed by atoms with Gasteiger partial charge in [-0.15, -0.1) is 0 Å². The summed E-state index contributed by atoms with van der Waals surface area (Å²) < 4.78 is 0. The number of rotatable bonds is 3. The topological polar surface area (TPSA) is 73.0 Å². The van der Waals surface area contributed by atoms with E-state index in [0.717, 1.165) is 43.9 Å². The maximum absolute atomic E-state index is 12.3. The van der Waals surface area contributed by atoms with Gasteiger partial charge < -0.3 is 15.2 Å². The quantitative estimate of drug-likeness (QED) is 0.728. The lowest BCUT2D eigenvalue weighted by atomic mass is 10.0. The van der Waals surface area contributed by atoms with Gasteiger partial charge in [0.2, 0.25) is 5.91 Å². The van der Waals surface area contributed by atoms with Crippen LogP contribution in [0.25, 0.3) is 0 Å². The molecule has 0 aliphatic carbocycles. The van der Waals surface area contributed by atoms with Gasteiger partial charge >= 0.3 is 0 Å². The van der Waals surface area contributed by atoms with E-state index in [9.17, 15) is 4.79 Å². The zero-order chi connectivity index (χ0) is 13.9. The van der Waals surface area contributed by atoms with Gasteiger partial charge in [-0.05, 0) is 19.4 Å². The summed E-state index contributed by atoms with van der Waals surface area (Å²) >= 11 is 0. The van der Waals surface area contributed by atoms with Crippen molar-refractivity contribution < 1.29 is 4.79 Å². The van der Waals surface area contributed by atoms with Crippen LogP contribution in [-0.4, -0.2) is 52.5 Å². The van der Waals surface area contributed by atoms with Crippen LogP contribution < -0.4 is 10.6 Å². The molecule has 6 nitrogen and oxygen atoms in total. The van der Waals surface area contributed by atoms with E-state index in [1.807, 2.05) is 0 Å². The van der Waals surface area contributed by atoms with Gasteiger partial charge in [0.15, 0.2) is 0 Å². The molecule has 110 valence electrons. The molecule has 0 radical (unpaired) electrons. The van der Waals surface area contributed by atoms with Crippen molar-refractivity contribution >= 4 is 5.91 Å². The van der Waals surface area contributed by atoms with E-state index in [0.29, 0.717) is 19.0 Å². The van der Waals surface area contributed by atoms with E-state index in [4.69, 9.17) is 0 Å². The number of nitrogens with one attached hydrogen (secondary N) is 3. The molecule has 0 bridgehead atoms. The van der Waals surface area contributed by atoms with Crippen LogP contribution in [0.15, 0.2) is 6.33 Å². The Balaban J connectivity index is 1.51. The minimum atomic E-state index is -0.144. The first-order valence-corrected chi connectivity index (χ1v) is 7.53. The number of aromatic nitrogens is 2. The van der Waals surface area contributed by atoms with Gasteiger partial charge in [-0.3, -0.25) is 10.1 Å². The second-order valence-corrected chi connectivity index (χ2v) is 5.68. The molecule has 3 N–H and O–H groups in total. The molecule has 6 heteroatoms. The number of carbonyl (C=O) groups excluding carboxylic acids is 1. The Bertz CT molecular complexity index is 464. The van der Waals surface area contributed by atoms with Gasteiger partial charge in [0, 0.05) is 32.1 Å². The highest BCUT2D eigenvalue weighted by Crippen LogP contribution is 2.14. The first-order chi connectivity index (χ1) is 9.76. The van der Waals surface area contributed by atoms with Crippen LogP contribution in [0, 0.1) is 0 Å². The highest BCUT2D eigenvalue weighted by atomic mass is 16.2. The van der Waals surface area contributed by atoms with Crippen LogP contribution in [0.2, 0.25) is 0 Å². The number of carbonyl (C=O) groups is 1. The number of fused-ring (bicyclic) bond motifs is 1. The molecule has 0 aromatic carbocycles. The normalized spacial score (nSPS) is 24.4. The summed E-state index contributed by atoms with van der Waals surface area (Å²) in [5.41, 5.74) is 2.12. The molecule has 2 aliphatic heterocycles. The minimum Gasteiger partial charge on any atom is -0.352 e. The lowest BCUT2D eigenvalue weighted by Gasteiger charge is -2.32. The Kier molecular flexibility index (Phi) is 4.03. The average molecular weight is 277 g/mol. The monoisotopic (exact) mass is 277 g/mol. The predicted octanol–water partition coefficient (Wildman–Crippen LogP) is 0.0245. The first kappa shape index (κ1) is 13.6. The Hall–Kier alpha value is -1.40. The van der Waals surface area contributed by atoms with Gasteiger partial charge in [-0.25, -0.2) is 4.98 Å². The molecular formula is C14H23N5O. The smallest absolute Gasteiger partial charge is 0.237 e. The van der Waals surface area contributed by atoms with Crippen LogP contribution in [0.4, 0.5) is 0 Å². The molecule has 1 aromatic rings. The number of imidazole rings is 1. The largest absolute Gasteiger partial charge is 0.352 e. The molecule has 0 saturated carbocycles. The van der Waals surface area contributed by atoms with Crippen molar-refractivity contribution in [2.24, 2.45) is 0 Å². The summed E-state index contributed by atoms with van der Waals surface area (Å²) in [6, 6.07) is 0.183. The van der Waals surface area contributed by atoms with Crippen molar-refractivity contribution in [3.63, 3.8) is 0 Å². The predicted molar refractivity (Wildman–Crippen MR) is 76.2 cm³/mol. The van der Waals surface area contributed by atoms with Crippen LogP contribution in [0.3, 0.4) is 0 Å². The SMILES string of the molecule is CCN1CCC(NC(=O)C2Cc3nc[nH]c3CN2)CC1. The summed E-state index contributed by atoms with van der Waals surface area (Å²) in [6.07, 6.45) is 4.49. The van der Waals surface area contributed by atoms with Gasteiger partial charge in [0.25, 0.3) is 0 Å². The van der Waals surface area contributed by atoms with Gasteiger partial charge in [0.05, 0.1) is 23.8 Å². The fraction of sp³-hybridized carbons (Fsp3) is 0.714. The Morgan fingerprint density at radius 2 is 2.30 bits per heavy atom. The van der Waals surface area contributed by atoms with Crippen molar-refractivity contribution in [3.8, 4) is 0 Å². The van der Waals surface area contributed by atoms with Crippen molar-refractivity contribution in [2.75, 3.05) is 19.6 Å². The van der Waals surface area contributed by atoms with E-state index < -0.39 is 0 Å². The van der Waals surface area contributed by atoms with E-state index in [1.165, 1.54) is 0 Å². The summed E-state index contributed by atoms with van der Waals surface area (Å²) in [5.74, 6) is 0.119. The standard InChI is InChI=1S/C14H23N5O/c1-2-19-5-3-10(4-6-19)18-14(20)12-7-11-13(8-15-12)17-9-16-11/h9-10,12,15H,2-8H2,1H3,(H,16,17)(H,18,20). The first-order valence-electron chi connectivity index (χ1n) is 7.53. The Labute approximate surface area is 119 Å². The third kappa shape index (κ3) is 2.86. The average Bonchev–Trinajstić information content (AvgIpc) is 2.95. The van der Waals surface area contributed by atoms with E-state index in [1.54, 1.807) is 6.33 Å². The molecule has 1 amide bonds. The fourth-order valence-electron chi connectivity index (χ4n) is 3.05. The molecule has 3 rings (SSSR count). The summed E-state index contributed by atoms with van der Waals surface area (Å²) in [6.45, 7) is 6.16. The van der Waals surface area contributed by atoms with Crippen LogP contribution >= 0.6 is 0 Å². The molecule has 1 aromatic heterocycles. The number of nitrogens with zero attached hydrogens (tertiary/aromatic N) is 2. The highest BCUT2D eigenvalue weighted by Gasteiger charge is 2.28. The maximum Gasteiger partial charge on any atom is 0.237 e. The molecule has 1 saturated heterocycles. The second-order valence-electron chi connectivity index (χ2n) is 5.68. The molecular weight excluding hydrogens is 254 g/mol. The molecule has 1 fully saturated rings. The number of hydrogen-bond donors (Lipinski definition) is 3. The molecule has 3 heterocycles. The van der Waals surface area contributed by atoms with Gasteiger partial charge in [0.1, 0.15) is 0 Å². The molecule has 1 atom stereocenters. The van der Waals surface area contributed by atoms with Crippen LogP contribution in [0.5, 0.6) is 0 Å². The van der Waals surface area contributed by atoms with Crippen molar-refractivity contribution in [2.45, 2.75) is 44.8 Å². The molecule has 1 unspecified atom stereocenters. The lowest BCUT2D eigenvalue weighted by Crippen LogP contribution is -2.52. The summed E-state index contributed by atoms with van der Waals surface area (Å²) in [4.78, 5) is 22.1. The third-order valence-electron chi connectivity index (χ3n) is 4.43. The number of hydrogen-bond acceptors (Lipinski definition) is 4. The summed E-state index contributed by atoms with van der Waals surface area (Å²) in [5, 5.41) is 6.47. The van der Waals surface area contributed by atoms with Gasteiger partial charge in [-0.1, -0.05) is 6.92 Å². The zero-order valence-electron chi connectivity index (χ0n) is 12.0. The highest BCUT2D eigenvalue weighted by molar-refractivity contribution is 5.82. The van der Waals surface area contributed by atoms with Crippen molar-refractivity contribution in [3.05, 3.63) is 17.7 Å². The molecule has 20 heavy (non-hydrogen) atoms. The zero-order valence-corrected chi connectivity index (χ0v) is 12.0. The maximum atomic E-state index is 12.3. The lowest BCUT2D eigenvalue weighted by molar-refractivity contribution is -0.124. The third-order valence-corrected chi connectivity index (χ3v) is 4.43. The van der Waals surface area contributed by atoms with Crippen LogP contribution in [-0.2, 0) is 17.8 Å². The fourth-order valence-corrected chi connectivity index (χ4v) is 3.05. The van der Waals surface area contributed by atoms with E-state index in [-0.39, 0.29) is 11.9 Å². The Morgan fingerprint density at radius 3 is 3.05 bits per heavy atom. The molecule has 0 spiro atoms. The van der Waals surface area contributed by atoms with Crippen LogP contribution in [0.1, 0.15) is 31.2 Å². The van der Waals surface area contributed by atoms with Crippen molar-refractivity contribution in [1.29, 1.82) is 0 Å². The number of H-pyrrole nitrogens is 1. The second kappa shape index (κ2) is 5.93. The Morgan fingerprint density at radius 1 is 1.50 bits per heavy atom. The minimum absolute atomic E-state index is 0.119. The summed E-state index contributed by atoms with van der Waals surface area (Å²) in [7, 11) is 0.